The minimum atomic E-state index is -0.149. The molecule has 3 heterocycles. The van der Waals surface area contributed by atoms with E-state index in [1.165, 1.54) is 18.2 Å². The van der Waals surface area contributed by atoms with Crippen LogP contribution in [0.15, 0.2) is 47.4 Å². The summed E-state index contributed by atoms with van der Waals surface area (Å²) in [4.78, 5) is 33.3. The molecule has 0 radical (unpaired) electrons. The lowest BCUT2D eigenvalue weighted by atomic mass is 10.1. The fraction of sp³-hybridized carbons (Fsp3) is 0.476. The van der Waals surface area contributed by atoms with Crippen molar-refractivity contribution < 1.29 is 18.7 Å². The lowest BCUT2D eigenvalue weighted by Crippen LogP contribution is -2.47. The topological polar surface area (TPSA) is 75.9 Å². The SMILES string of the molecule is O=C(c1cocn1)N1C[C@@H]2COC[C@H](C1)N(C(=O)CCCc1ccccc1)C2. The van der Waals surface area contributed by atoms with Crippen molar-refractivity contribution in [2.45, 2.75) is 25.3 Å². The first kappa shape index (κ1) is 18.7. The Kier molecular flexibility index (Phi) is 5.71. The molecule has 2 fully saturated rings. The summed E-state index contributed by atoms with van der Waals surface area (Å²) in [5, 5.41) is 0. The maximum Gasteiger partial charge on any atom is 0.275 e. The van der Waals surface area contributed by atoms with E-state index >= 15 is 0 Å². The van der Waals surface area contributed by atoms with Crippen LogP contribution in [0.5, 0.6) is 0 Å². The Morgan fingerprint density at radius 1 is 1.11 bits per heavy atom. The fourth-order valence-electron chi connectivity index (χ4n) is 4.03. The van der Waals surface area contributed by atoms with Crippen molar-refractivity contribution in [3.63, 3.8) is 0 Å². The van der Waals surface area contributed by atoms with Crippen LogP contribution in [-0.4, -0.2) is 65.5 Å². The number of fused-ring (bicyclic) bond motifs is 3. The molecule has 4 rings (SSSR count). The number of benzene rings is 1. The van der Waals surface area contributed by atoms with E-state index in [1.54, 1.807) is 4.90 Å². The van der Waals surface area contributed by atoms with Gasteiger partial charge in [0.1, 0.15) is 6.26 Å². The molecule has 0 spiro atoms. The van der Waals surface area contributed by atoms with Gasteiger partial charge in [0.2, 0.25) is 5.91 Å². The molecule has 2 aromatic rings. The average molecular weight is 383 g/mol. The van der Waals surface area contributed by atoms with Gasteiger partial charge in [-0.1, -0.05) is 30.3 Å². The molecule has 0 aliphatic carbocycles. The third kappa shape index (κ3) is 4.25. The second-order valence-electron chi connectivity index (χ2n) is 7.53. The summed E-state index contributed by atoms with van der Waals surface area (Å²) in [6.45, 7) is 2.69. The van der Waals surface area contributed by atoms with Gasteiger partial charge >= 0.3 is 0 Å². The Morgan fingerprint density at radius 2 is 1.96 bits per heavy atom. The average Bonchev–Trinajstić information content (AvgIpc) is 3.08. The van der Waals surface area contributed by atoms with Gasteiger partial charge in [0.25, 0.3) is 5.91 Å². The zero-order chi connectivity index (χ0) is 19.3. The number of hydrogen-bond acceptors (Lipinski definition) is 5. The standard InChI is InChI=1S/C21H25N3O4/c25-20(8-4-7-16-5-2-1-3-6-16)24-10-17-9-23(11-18(24)13-27-12-17)21(26)19-14-28-15-22-19/h1-3,5-6,14-15,17-18H,4,7-13H2/t17-,18-/m0/s1. The van der Waals surface area contributed by atoms with E-state index in [4.69, 9.17) is 9.15 Å². The summed E-state index contributed by atoms with van der Waals surface area (Å²) in [7, 11) is 0. The van der Waals surface area contributed by atoms with E-state index in [-0.39, 0.29) is 23.8 Å². The number of ether oxygens (including phenoxy) is 1. The number of rotatable bonds is 5. The highest BCUT2D eigenvalue weighted by Crippen LogP contribution is 2.22. The molecule has 2 saturated heterocycles. The predicted octanol–water partition coefficient (Wildman–Crippen LogP) is 2.00. The Balaban J connectivity index is 1.39. The minimum absolute atomic E-state index is 0.112. The van der Waals surface area contributed by atoms with Crippen molar-refractivity contribution in [3.05, 3.63) is 54.2 Å². The maximum atomic E-state index is 12.9. The van der Waals surface area contributed by atoms with Gasteiger partial charge in [-0.3, -0.25) is 9.59 Å². The van der Waals surface area contributed by atoms with Crippen LogP contribution in [0.25, 0.3) is 0 Å². The van der Waals surface area contributed by atoms with E-state index in [0.29, 0.717) is 45.0 Å². The van der Waals surface area contributed by atoms with E-state index in [1.807, 2.05) is 23.1 Å². The smallest absolute Gasteiger partial charge is 0.275 e. The van der Waals surface area contributed by atoms with Crippen molar-refractivity contribution >= 4 is 11.8 Å². The molecule has 28 heavy (non-hydrogen) atoms. The number of carbonyl (C=O) groups is 2. The van der Waals surface area contributed by atoms with Crippen LogP contribution >= 0.6 is 0 Å². The van der Waals surface area contributed by atoms with Gasteiger partial charge in [0.05, 0.1) is 19.3 Å². The zero-order valence-electron chi connectivity index (χ0n) is 15.8. The largest absolute Gasteiger partial charge is 0.451 e. The lowest BCUT2D eigenvalue weighted by molar-refractivity contribution is -0.134. The predicted molar refractivity (Wildman–Crippen MR) is 102 cm³/mol. The summed E-state index contributed by atoms with van der Waals surface area (Å²) in [5.74, 6) is 0.109. The van der Waals surface area contributed by atoms with E-state index in [9.17, 15) is 9.59 Å². The van der Waals surface area contributed by atoms with Gasteiger partial charge in [0, 0.05) is 32.0 Å². The first-order chi connectivity index (χ1) is 13.7. The quantitative estimate of drug-likeness (QED) is 0.789. The summed E-state index contributed by atoms with van der Waals surface area (Å²) in [6, 6.07) is 10.1. The van der Waals surface area contributed by atoms with Gasteiger partial charge in [-0.05, 0) is 18.4 Å². The molecule has 0 saturated carbocycles. The second kappa shape index (κ2) is 8.56. The number of carbonyl (C=O) groups excluding carboxylic acids is 2. The molecule has 2 aliphatic rings. The molecule has 1 aromatic carbocycles. The fourth-order valence-corrected chi connectivity index (χ4v) is 4.03. The summed E-state index contributed by atoms with van der Waals surface area (Å²) in [6.07, 6.45) is 4.85. The number of aromatic nitrogens is 1. The maximum absolute atomic E-state index is 12.9. The lowest BCUT2D eigenvalue weighted by Gasteiger charge is -2.31. The third-order valence-corrected chi connectivity index (χ3v) is 5.43. The molecule has 0 unspecified atom stereocenters. The zero-order valence-corrected chi connectivity index (χ0v) is 15.8. The number of amides is 2. The highest BCUT2D eigenvalue weighted by Gasteiger charge is 2.37. The van der Waals surface area contributed by atoms with Crippen LogP contribution in [0.2, 0.25) is 0 Å². The van der Waals surface area contributed by atoms with Crippen LogP contribution in [-0.2, 0) is 16.0 Å². The second-order valence-corrected chi connectivity index (χ2v) is 7.53. The molecule has 148 valence electrons. The van der Waals surface area contributed by atoms with Gasteiger partial charge in [-0.15, -0.1) is 0 Å². The molecular weight excluding hydrogens is 358 g/mol. The Labute approximate surface area is 164 Å². The van der Waals surface area contributed by atoms with Crippen molar-refractivity contribution in [1.82, 2.24) is 14.8 Å². The Morgan fingerprint density at radius 3 is 2.75 bits per heavy atom. The Hall–Kier alpha value is -2.67. The van der Waals surface area contributed by atoms with Crippen molar-refractivity contribution in [3.8, 4) is 0 Å². The van der Waals surface area contributed by atoms with Crippen molar-refractivity contribution in [2.75, 3.05) is 32.8 Å². The monoisotopic (exact) mass is 383 g/mol. The Bertz CT molecular complexity index is 793. The molecule has 7 heteroatoms. The van der Waals surface area contributed by atoms with Gasteiger partial charge < -0.3 is 19.0 Å². The molecular formula is C21H25N3O4. The third-order valence-electron chi connectivity index (χ3n) is 5.43. The molecule has 2 atom stereocenters. The normalized spacial score (nSPS) is 22.0. The number of hydrogen-bond donors (Lipinski definition) is 0. The number of aryl methyl sites for hydroxylation is 1. The minimum Gasteiger partial charge on any atom is -0.451 e. The first-order valence-corrected chi connectivity index (χ1v) is 9.79. The van der Waals surface area contributed by atoms with Gasteiger partial charge in [-0.25, -0.2) is 4.98 Å². The summed E-state index contributed by atoms with van der Waals surface area (Å²) < 4.78 is 10.7. The van der Waals surface area contributed by atoms with Gasteiger partial charge in [-0.2, -0.15) is 0 Å². The number of nitrogens with zero attached hydrogens (tertiary/aromatic N) is 3. The van der Waals surface area contributed by atoms with E-state index < -0.39 is 0 Å². The summed E-state index contributed by atoms with van der Waals surface area (Å²) >= 11 is 0. The van der Waals surface area contributed by atoms with Crippen LogP contribution in [0.1, 0.15) is 28.9 Å². The molecule has 7 nitrogen and oxygen atoms in total. The van der Waals surface area contributed by atoms with E-state index in [0.717, 1.165) is 12.8 Å². The van der Waals surface area contributed by atoms with Crippen LogP contribution in [0.4, 0.5) is 0 Å². The highest BCUT2D eigenvalue weighted by atomic mass is 16.5. The molecule has 0 N–H and O–H groups in total. The van der Waals surface area contributed by atoms with Crippen LogP contribution in [0.3, 0.4) is 0 Å². The van der Waals surface area contributed by atoms with Crippen LogP contribution < -0.4 is 0 Å². The summed E-state index contributed by atoms with van der Waals surface area (Å²) in [5.41, 5.74) is 1.55. The van der Waals surface area contributed by atoms with Crippen LogP contribution in [0, 0.1) is 5.92 Å². The van der Waals surface area contributed by atoms with Crippen molar-refractivity contribution in [2.24, 2.45) is 5.92 Å². The number of oxazole rings is 1. The highest BCUT2D eigenvalue weighted by molar-refractivity contribution is 5.92. The first-order valence-electron chi connectivity index (χ1n) is 9.79. The molecule has 2 amide bonds. The molecule has 2 bridgehead atoms. The molecule has 1 aromatic heterocycles. The molecule has 2 aliphatic heterocycles. The van der Waals surface area contributed by atoms with Crippen molar-refractivity contribution in [1.29, 1.82) is 0 Å². The van der Waals surface area contributed by atoms with Gasteiger partial charge in [0.15, 0.2) is 12.1 Å². The van der Waals surface area contributed by atoms with E-state index in [2.05, 4.69) is 17.1 Å².